The molecule has 3 aromatic rings. The van der Waals surface area contributed by atoms with Crippen LogP contribution >= 0.6 is 0 Å². The fourth-order valence-corrected chi connectivity index (χ4v) is 4.68. The van der Waals surface area contributed by atoms with Crippen molar-refractivity contribution < 1.29 is 27.4 Å². The molecule has 7 heteroatoms. The maximum absolute atomic E-state index is 13.6. The average molecular weight is 470 g/mol. The van der Waals surface area contributed by atoms with Gasteiger partial charge in [-0.3, -0.25) is 4.79 Å². The number of hydrogen-bond acceptors (Lipinski definition) is 4. The first-order chi connectivity index (χ1) is 16.2. The van der Waals surface area contributed by atoms with Crippen molar-refractivity contribution in [2.45, 2.75) is 31.5 Å². The molecular formula is C27H26F3NO3. The second-order valence-corrected chi connectivity index (χ2v) is 8.55. The normalized spacial score (nSPS) is 14.5. The third-order valence-electron chi connectivity index (χ3n) is 6.46. The van der Waals surface area contributed by atoms with E-state index in [0.29, 0.717) is 40.8 Å². The molecule has 0 amide bonds. The first-order valence-corrected chi connectivity index (χ1v) is 11.0. The summed E-state index contributed by atoms with van der Waals surface area (Å²) >= 11 is 0. The maximum Gasteiger partial charge on any atom is 0.416 e. The van der Waals surface area contributed by atoms with Gasteiger partial charge in [0.2, 0.25) is 0 Å². The number of halogens is 3. The second-order valence-electron chi connectivity index (χ2n) is 8.55. The predicted molar refractivity (Wildman–Crippen MR) is 123 cm³/mol. The summed E-state index contributed by atoms with van der Waals surface area (Å²) in [5.41, 5.74) is 10.5. The number of carbonyl (C=O) groups is 1. The summed E-state index contributed by atoms with van der Waals surface area (Å²) in [5, 5.41) is 0. The second kappa shape index (κ2) is 9.50. The fraction of sp³-hybridized carbons (Fsp3) is 0.296. The van der Waals surface area contributed by atoms with Crippen molar-refractivity contribution in [2.75, 3.05) is 14.2 Å². The van der Waals surface area contributed by atoms with Crippen molar-refractivity contribution >= 4 is 5.97 Å². The summed E-state index contributed by atoms with van der Waals surface area (Å²) in [6.07, 6.45) is -3.06. The van der Waals surface area contributed by atoms with Gasteiger partial charge in [-0.05, 0) is 70.8 Å². The lowest BCUT2D eigenvalue weighted by molar-refractivity contribution is -0.140. The quantitative estimate of drug-likeness (QED) is 0.484. The number of benzene rings is 3. The highest BCUT2D eigenvalue weighted by Crippen LogP contribution is 2.42. The standard InChI is InChI=1S/C27H26F3NO3/c1-33-24-10-7-16(12-25(32)34-2)11-22(24)21-9-8-20(27(28,29)30)15-23(21)26(31)19-13-17-5-3-4-6-18(17)14-19/h3-11,15,19,26H,12-14,31H2,1-2H3. The van der Waals surface area contributed by atoms with Crippen molar-refractivity contribution in [3.63, 3.8) is 0 Å². The minimum atomic E-state index is -4.50. The highest BCUT2D eigenvalue weighted by Gasteiger charge is 2.34. The van der Waals surface area contributed by atoms with Crippen molar-refractivity contribution in [1.29, 1.82) is 0 Å². The molecule has 1 aliphatic carbocycles. The van der Waals surface area contributed by atoms with E-state index >= 15 is 0 Å². The molecule has 4 nitrogen and oxygen atoms in total. The van der Waals surface area contributed by atoms with Crippen LogP contribution in [0.25, 0.3) is 11.1 Å². The summed E-state index contributed by atoms with van der Waals surface area (Å²) in [7, 11) is 2.80. The molecule has 3 aromatic carbocycles. The molecule has 2 N–H and O–H groups in total. The summed E-state index contributed by atoms with van der Waals surface area (Å²) in [6, 6.07) is 16.2. The molecule has 0 fully saturated rings. The Kier molecular flexibility index (Phi) is 6.66. The van der Waals surface area contributed by atoms with Gasteiger partial charge in [-0.2, -0.15) is 13.2 Å². The van der Waals surface area contributed by atoms with Gasteiger partial charge in [0.15, 0.2) is 0 Å². The molecule has 0 bridgehead atoms. The van der Waals surface area contributed by atoms with Gasteiger partial charge in [-0.1, -0.05) is 36.4 Å². The van der Waals surface area contributed by atoms with Crippen molar-refractivity contribution in [3.8, 4) is 16.9 Å². The molecule has 0 saturated heterocycles. The number of ether oxygens (including phenoxy) is 2. The molecule has 0 aliphatic heterocycles. The SMILES string of the molecule is COC(=O)Cc1ccc(OC)c(-c2ccc(C(F)(F)F)cc2C(N)C2Cc3ccccc3C2)c1. The lowest BCUT2D eigenvalue weighted by Crippen LogP contribution is -2.23. The Morgan fingerprint density at radius 2 is 1.68 bits per heavy atom. The fourth-order valence-electron chi connectivity index (χ4n) is 4.68. The van der Waals surface area contributed by atoms with Crippen LogP contribution in [0.15, 0.2) is 60.7 Å². The summed E-state index contributed by atoms with van der Waals surface area (Å²) in [5.74, 6) is 0.0320. The third kappa shape index (κ3) is 4.80. The van der Waals surface area contributed by atoms with Crippen LogP contribution in [0.2, 0.25) is 0 Å². The predicted octanol–water partition coefficient (Wildman–Crippen LogP) is 5.51. The van der Waals surface area contributed by atoms with Gasteiger partial charge in [-0.25, -0.2) is 0 Å². The van der Waals surface area contributed by atoms with Gasteiger partial charge in [-0.15, -0.1) is 0 Å². The Balaban J connectivity index is 1.81. The number of rotatable bonds is 6. The highest BCUT2D eigenvalue weighted by molar-refractivity contribution is 5.78. The molecule has 178 valence electrons. The number of methoxy groups -OCH3 is 2. The molecular weight excluding hydrogens is 443 g/mol. The van der Waals surface area contributed by atoms with Crippen molar-refractivity contribution in [2.24, 2.45) is 11.7 Å². The summed E-state index contributed by atoms with van der Waals surface area (Å²) in [6.45, 7) is 0. The van der Waals surface area contributed by atoms with Crippen LogP contribution in [-0.2, 0) is 35.0 Å². The first-order valence-electron chi connectivity index (χ1n) is 11.0. The minimum Gasteiger partial charge on any atom is -0.496 e. The Morgan fingerprint density at radius 3 is 2.26 bits per heavy atom. The molecule has 1 unspecified atom stereocenters. The zero-order chi connectivity index (χ0) is 24.5. The van der Waals surface area contributed by atoms with Crippen LogP contribution < -0.4 is 10.5 Å². The Bertz CT molecular complexity index is 1180. The van der Waals surface area contributed by atoms with Crippen molar-refractivity contribution in [3.05, 3.63) is 88.5 Å². The molecule has 34 heavy (non-hydrogen) atoms. The third-order valence-corrected chi connectivity index (χ3v) is 6.46. The minimum absolute atomic E-state index is 0.0352. The number of nitrogens with two attached hydrogens (primary N) is 1. The maximum atomic E-state index is 13.6. The van der Waals surface area contributed by atoms with Gasteiger partial charge in [0.25, 0.3) is 0 Å². The van der Waals surface area contributed by atoms with Crippen LogP contribution in [0.3, 0.4) is 0 Å². The van der Waals surface area contributed by atoms with Crippen LogP contribution in [0.4, 0.5) is 13.2 Å². The van der Waals surface area contributed by atoms with Crippen LogP contribution in [-0.4, -0.2) is 20.2 Å². The molecule has 0 saturated carbocycles. The van der Waals surface area contributed by atoms with Gasteiger partial charge in [0.05, 0.1) is 26.2 Å². The zero-order valence-electron chi connectivity index (χ0n) is 19.0. The van der Waals surface area contributed by atoms with Crippen LogP contribution in [0.5, 0.6) is 5.75 Å². The molecule has 4 rings (SSSR count). The van der Waals surface area contributed by atoms with E-state index in [2.05, 4.69) is 0 Å². The Labute approximate surface area is 196 Å². The summed E-state index contributed by atoms with van der Waals surface area (Å²) < 4.78 is 51.2. The number of carbonyl (C=O) groups excluding carboxylic acids is 1. The smallest absolute Gasteiger partial charge is 0.416 e. The zero-order valence-corrected chi connectivity index (χ0v) is 19.0. The average Bonchev–Trinajstić information content (AvgIpc) is 3.27. The molecule has 0 aromatic heterocycles. The number of esters is 1. The van der Waals surface area contributed by atoms with Crippen LogP contribution in [0, 0.1) is 5.92 Å². The van der Waals surface area contributed by atoms with E-state index in [1.165, 1.54) is 31.4 Å². The Morgan fingerprint density at radius 1 is 1.00 bits per heavy atom. The van der Waals surface area contributed by atoms with E-state index in [1.807, 2.05) is 24.3 Å². The number of alkyl halides is 3. The number of hydrogen-bond donors (Lipinski definition) is 1. The highest BCUT2D eigenvalue weighted by atomic mass is 19.4. The van der Waals surface area contributed by atoms with Crippen molar-refractivity contribution in [1.82, 2.24) is 0 Å². The van der Waals surface area contributed by atoms with E-state index < -0.39 is 23.8 Å². The molecule has 0 heterocycles. The van der Waals surface area contributed by atoms with Gasteiger partial charge in [0.1, 0.15) is 5.75 Å². The van der Waals surface area contributed by atoms with Gasteiger partial charge >= 0.3 is 12.1 Å². The number of fused-ring (bicyclic) bond motifs is 1. The lowest BCUT2D eigenvalue weighted by Gasteiger charge is -2.25. The topological polar surface area (TPSA) is 61.5 Å². The monoisotopic (exact) mass is 469 g/mol. The van der Waals surface area contributed by atoms with E-state index in [1.54, 1.807) is 18.2 Å². The Hall–Kier alpha value is -3.32. The van der Waals surface area contributed by atoms with E-state index in [9.17, 15) is 18.0 Å². The van der Waals surface area contributed by atoms with Gasteiger partial charge < -0.3 is 15.2 Å². The first kappa shape index (κ1) is 23.8. The van der Waals surface area contributed by atoms with E-state index in [4.69, 9.17) is 15.2 Å². The largest absolute Gasteiger partial charge is 0.496 e. The lowest BCUT2D eigenvalue weighted by atomic mass is 9.85. The molecule has 1 aliphatic rings. The molecule has 1 atom stereocenters. The van der Waals surface area contributed by atoms with Crippen LogP contribution in [0.1, 0.15) is 33.9 Å². The summed E-state index contributed by atoms with van der Waals surface area (Å²) in [4.78, 5) is 11.8. The van der Waals surface area contributed by atoms with E-state index in [-0.39, 0.29) is 12.3 Å². The molecule has 0 radical (unpaired) electrons. The van der Waals surface area contributed by atoms with Gasteiger partial charge in [0, 0.05) is 11.6 Å². The van der Waals surface area contributed by atoms with E-state index in [0.717, 1.165) is 12.1 Å². The molecule has 0 spiro atoms.